The first-order chi connectivity index (χ1) is 7.66. The number of carbonyl (C=O) groups is 1. The number of amides is 1. The molecule has 1 atom stereocenters. The van der Waals surface area contributed by atoms with E-state index in [0.717, 1.165) is 4.88 Å². The minimum atomic E-state index is -0.315. The number of hydrogen-bond donors (Lipinski definition) is 3. The van der Waals surface area contributed by atoms with Gasteiger partial charge >= 0.3 is 0 Å². The number of nitrogens with one attached hydrogen (secondary N) is 2. The number of nitrogens with two attached hydrogens (primary N) is 1. The highest BCUT2D eigenvalue weighted by atomic mass is 32.1. The van der Waals surface area contributed by atoms with Crippen LogP contribution >= 0.6 is 11.3 Å². The van der Waals surface area contributed by atoms with Gasteiger partial charge in [0.2, 0.25) is 11.8 Å². The van der Waals surface area contributed by atoms with E-state index in [1.54, 1.807) is 11.3 Å². The topological polar surface area (TPSA) is 96.7 Å². The molecule has 0 aromatic carbocycles. The Morgan fingerprint density at radius 1 is 1.69 bits per heavy atom. The normalized spacial score (nSPS) is 12.3. The van der Waals surface area contributed by atoms with Gasteiger partial charge in [-0.1, -0.05) is 6.07 Å². The van der Waals surface area contributed by atoms with Crippen molar-refractivity contribution in [3.05, 3.63) is 28.2 Å². The van der Waals surface area contributed by atoms with Crippen LogP contribution in [0.4, 0.5) is 5.95 Å². The molecule has 2 rings (SSSR count). The molecule has 84 valence electrons. The largest absolute Gasteiger partial charge is 0.366 e. The van der Waals surface area contributed by atoms with Crippen LogP contribution in [0.5, 0.6) is 0 Å². The lowest BCUT2D eigenvalue weighted by atomic mass is 10.3. The van der Waals surface area contributed by atoms with Gasteiger partial charge in [0.1, 0.15) is 0 Å². The van der Waals surface area contributed by atoms with Crippen molar-refractivity contribution in [2.45, 2.75) is 13.0 Å². The van der Waals surface area contributed by atoms with Crippen LogP contribution in [0.15, 0.2) is 17.5 Å². The Morgan fingerprint density at radius 3 is 3.06 bits per heavy atom. The van der Waals surface area contributed by atoms with Crippen LogP contribution in [0.2, 0.25) is 0 Å². The van der Waals surface area contributed by atoms with Gasteiger partial charge in [0, 0.05) is 4.88 Å². The molecule has 0 spiro atoms. The molecule has 0 bridgehead atoms. The number of rotatable bonds is 3. The SMILES string of the molecule is C[C@@H](NC(=O)c1nc(N)n[nH]1)c1cccs1. The van der Waals surface area contributed by atoms with Crippen LogP contribution in [0, 0.1) is 0 Å². The fourth-order valence-electron chi connectivity index (χ4n) is 1.25. The van der Waals surface area contributed by atoms with Gasteiger partial charge in [-0.2, -0.15) is 4.98 Å². The molecule has 0 saturated carbocycles. The van der Waals surface area contributed by atoms with Gasteiger partial charge in [-0.15, -0.1) is 16.4 Å². The number of H-pyrrole nitrogens is 1. The summed E-state index contributed by atoms with van der Waals surface area (Å²) >= 11 is 1.59. The molecule has 2 aromatic rings. The number of aromatic amines is 1. The molecule has 0 saturated heterocycles. The zero-order chi connectivity index (χ0) is 11.5. The Balaban J connectivity index is 2.03. The van der Waals surface area contributed by atoms with E-state index in [2.05, 4.69) is 20.5 Å². The van der Waals surface area contributed by atoms with Crippen molar-refractivity contribution in [3.8, 4) is 0 Å². The van der Waals surface area contributed by atoms with Gasteiger partial charge in [-0.05, 0) is 18.4 Å². The van der Waals surface area contributed by atoms with Gasteiger partial charge in [0.25, 0.3) is 5.91 Å². The molecule has 4 N–H and O–H groups in total. The first-order valence-corrected chi connectivity index (χ1v) is 5.57. The highest BCUT2D eigenvalue weighted by Crippen LogP contribution is 2.18. The fourth-order valence-corrected chi connectivity index (χ4v) is 1.98. The Kier molecular flexibility index (Phi) is 2.86. The fraction of sp³-hybridized carbons (Fsp3) is 0.222. The second-order valence-corrected chi connectivity index (χ2v) is 4.23. The average Bonchev–Trinajstić information content (AvgIpc) is 2.87. The first-order valence-electron chi connectivity index (χ1n) is 4.69. The summed E-state index contributed by atoms with van der Waals surface area (Å²) in [6.45, 7) is 1.91. The lowest BCUT2D eigenvalue weighted by molar-refractivity contribution is 0.0930. The van der Waals surface area contributed by atoms with E-state index < -0.39 is 0 Å². The number of hydrogen-bond acceptors (Lipinski definition) is 5. The van der Waals surface area contributed by atoms with Crippen molar-refractivity contribution in [2.24, 2.45) is 0 Å². The standard InChI is InChI=1S/C9H11N5OS/c1-5(6-3-2-4-16-6)11-8(15)7-12-9(10)14-13-7/h2-5H,1H3,(H,11,15)(H3,10,12,13,14)/t5-/m1/s1. The van der Waals surface area contributed by atoms with Gasteiger partial charge in [0.05, 0.1) is 6.04 Å². The highest BCUT2D eigenvalue weighted by molar-refractivity contribution is 7.10. The van der Waals surface area contributed by atoms with Crippen molar-refractivity contribution in [1.29, 1.82) is 0 Å². The molecule has 1 amide bonds. The molecule has 0 aliphatic heterocycles. The van der Waals surface area contributed by atoms with Gasteiger partial charge < -0.3 is 11.1 Å². The zero-order valence-corrected chi connectivity index (χ0v) is 9.41. The number of anilines is 1. The first kappa shape index (κ1) is 10.6. The summed E-state index contributed by atoms with van der Waals surface area (Å²) in [6, 6.07) is 3.85. The zero-order valence-electron chi connectivity index (χ0n) is 8.60. The third-order valence-corrected chi connectivity index (χ3v) is 3.09. The van der Waals surface area contributed by atoms with E-state index in [4.69, 9.17) is 5.73 Å². The van der Waals surface area contributed by atoms with Crippen LogP contribution < -0.4 is 11.1 Å². The maximum Gasteiger partial charge on any atom is 0.289 e. The van der Waals surface area contributed by atoms with Crippen molar-refractivity contribution < 1.29 is 4.79 Å². The number of nitrogen functional groups attached to an aromatic ring is 1. The van der Waals surface area contributed by atoms with Crippen LogP contribution in [-0.2, 0) is 0 Å². The maximum atomic E-state index is 11.7. The van der Waals surface area contributed by atoms with E-state index in [1.165, 1.54) is 0 Å². The smallest absolute Gasteiger partial charge is 0.289 e. The molecular formula is C9H11N5OS. The quantitative estimate of drug-likeness (QED) is 0.740. The number of carbonyl (C=O) groups excluding carboxylic acids is 1. The Bertz CT molecular complexity index is 478. The number of nitrogens with zero attached hydrogens (tertiary/aromatic N) is 2. The Labute approximate surface area is 95.9 Å². The molecule has 6 nitrogen and oxygen atoms in total. The minimum absolute atomic E-state index is 0.0566. The molecule has 0 unspecified atom stereocenters. The van der Waals surface area contributed by atoms with Crippen molar-refractivity contribution in [3.63, 3.8) is 0 Å². The summed E-state index contributed by atoms with van der Waals surface area (Å²) in [5.41, 5.74) is 5.31. The molecule has 0 fully saturated rings. The molecular weight excluding hydrogens is 226 g/mol. The molecule has 16 heavy (non-hydrogen) atoms. The lowest BCUT2D eigenvalue weighted by Gasteiger charge is -2.10. The number of thiophene rings is 1. The van der Waals surface area contributed by atoms with Crippen LogP contribution in [0.3, 0.4) is 0 Å². The predicted molar refractivity (Wildman–Crippen MR) is 61.0 cm³/mol. The Hall–Kier alpha value is -1.89. The summed E-state index contributed by atoms with van der Waals surface area (Å²) in [6.07, 6.45) is 0. The van der Waals surface area contributed by atoms with Crippen molar-refractivity contribution in [1.82, 2.24) is 20.5 Å². The summed E-state index contributed by atoms with van der Waals surface area (Å²) in [4.78, 5) is 16.5. The maximum absolute atomic E-state index is 11.7. The number of aromatic nitrogens is 3. The van der Waals surface area contributed by atoms with E-state index in [-0.39, 0.29) is 23.7 Å². The molecule has 7 heteroatoms. The van der Waals surface area contributed by atoms with Gasteiger partial charge in [0.15, 0.2) is 0 Å². The average molecular weight is 237 g/mol. The van der Waals surface area contributed by atoms with Crippen molar-refractivity contribution in [2.75, 3.05) is 5.73 Å². The molecule has 0 aliphatic carbocycles. The second kappa shape index (κ2) is 4.31. The summed E-state index contributed by atoms with van der Waals surface area (Å²) in [5.74, 6) is -0.125. The molecule has 2 aromatic heterocycles. The van der Waals surface area contributed by atoms with Gasteiger partial charge in [-0.25, -0.2) is 0 Å². The van der Waals surface area contributed by atoms with E-state index >= 15 is 0 Å². The molecule has 0 aliphatic rings. The van der Waals surface area contributed by atoms with E-state index in [1.807, 2.05) is 24.4 Å². The summed E-state index contributed by atoms with van der Waals surface area (Å²) in [5, 5.41) is 10.8. The second-order valence-electron chi connectivity index (χ2n) is 3.25. The van der Waals surface area contributed by atoms with E-state index in [0.29, 0.717) is 0 Å². The molecule has 2 heterocycles. The van der Waals surface area contributed by atoms with E-state index in [9.17, 15) is 4.79 Å². The summed E-state index contributed by atoms with van der Waals surface area (Å²) < 4.78 is 0. The van der Waals surface area contributed by atoms with Crippen LogP contribution in [0.25, 0.3) is 0 Å². The highest BCUT2D eigenvalue weighted by Gasteiger charge is 2.14. The third kappa shape index (κ3) is 2.19. The van der Waals surface area contributed by atoms with Crippen LogP contribution in [0.1, 0.15) is 28.5 Å². The summed E-state index contributed by atoms with van der Waals surface area (Å²) in [7, 11) is 0. The van der Waals surface area contributed by atoms with Gasteiger partial charge in [-0.3, -0.25) is 9.89 Å². The lowest BCUT2D eigenvalue weighted by Crippen LogP contribution is -2.27. The van der Waals surface area contributed by atoms with Crippen LogP contribution in [-0.4, -0.2) is 21.1 Å². The van der Waals surface area contributed by atoms with Crippen molar-refractivity contribution >= 4 is 23.2 Å². The Morgan fingerprint density at radius 2 is 2.50 bits per heavy atom. The minimum Gasteiger partial charge on any atom is -0.366 e. The predicted octanol–water partition coefficient (Wildman–Crippen LogP) is 0.939. The monoisotopic (exact) mass is 237 g/mol. The third-order valence-electron chi connectivity index (χ3n) is 2.04. The molecule has 0 radical (unpaired) electrons.